The van der Waals surface area contributed by atoms with E-state index in [1.54, 1.807) is 34.1 Å². The van der Waals surface area contributed by atoms with Crippen LogP contribution in [0.1, 0.15) is 51.7 Å². The Morgan fingerprint density at radius 1 is 0.604 bits per heavy atom. The highest BCUT2D eigenvalue weighted by atomic mass is 32.2. The summed E-state index contributed by atoms with van der Waals surface area (Å²) in [7, 11) is -7.89. The summed E-state index contributed by atoms with van der Waals surface area (Å²) >= 11 is 0. The van der Waals surface area contributed by atoms with Crippen molar-refractivity contribution in [2.45, 2.75) is 76.3 Å². The third-order valence-corrected chi connectivity index (χ3v) is 10.9. The van der Waals surface area contributed by atoms with Gasteiger partial charge in [-0.2, -0.15) is 9.44 Å². The number of hydrogen-bond donors (Lipinski definition) is 2. The number of sulfonamides is 2. The molecule has 2 atom stereocenters. The number of aryl methyl sites for hydroxylation is 2. The average Bonchev–Trinajstić information content (AvgIpc) is 3.00. The third-order valence-electron chi connectivity index (χ3n) is 7.91. The molecule has 12 nitrogen and oxygen atoms in total. The Kier molecular flexibility index (Phi) is 15.0. The molecule has 3 rings (SSSR count). The van der Waals surface area contributed by atoms with Gasteiger partial charge in [-0.25, -0.2) is 16.8 Å². The van der Waals surface area contributed by atoms with Crippen LogP contribution in [0.15, 0.2) is 58.3 Å². The number of nitrogens with one attached hydrogen (secondary N) is 2. The molecule has 0 radical (unpaired) electrons. The van der Waals surface area contributed by atoms with E-state index in [9.17, 15) is 26.4 Å². The van der Waals surface area contributed by atoms with Crippen LogP contribution in [-0.2, 0) is 39.1 Å². The fourth-order valence-corrected chi connectivity index (χ4v) is 7.70. The highest BCUT2D eigenvalue weighted by molar-refractivity contribution is 7.89. The van der Waals surface area contributed by atoms with Crippen molar-refractivity contribution in [2.75, 3.05) is 52.6 Å². The van der Waals surface area contributed by atoms with Crippen LogP contribution in [0, 0.1) is 25.7 Å². The van der Waals surface area contributed by atoms with Gasteiger partial charge in [-0.15, -0.1) is 0 Å². The van der Waals surface area contributed by atoms with Crippen LogP contribution >= 0.6 is 0 Å². The second-order valence-corrected chi connectivity index (χ2v) is 16.5. The Balaban J connectivity index is 1.67. The number of benzene rings is 2. The molecule has 0 aliphatic carbocycles. The second kappa shape index (κ2) is 18.2. The number of hydrogen-bond acceptors (Lipinski definition) is 8. The molecular formula is C34H52N4O8S2. The first-order valence-electron chi connectivity index (χ1n) is 16.5. The first kappa shape index (κ1) is 39.6. The normalized spacial score (nSPS) is 17.1. The molecule has 1 aliphatic rings. The lowest BCUT2D eigenvalue weighted by molar-refractivity contribution is -0.136. The Bertz CT molecular complexity index is 1420. The van der Waals surface area contributed by atoms with Crippen LogP contribution in [0.25, 0.3) is 0 Å². The van der Waals surface area contributed by atoms with Gasteiger partial charge in [0.05, 0.1) is 36.2 Å². The van der Waals surface area contributed by atoms with E-state index in [1.165, 1.54) is 24.3 Å². The van der Waals surface area contributed by atoms with E-state index in [1.807, 2.05) is 41.5 Å². The molecule has 268 valence electrons. The van der Waals surface area contributed by atoms with Crippen LogP contribution in [0.5, 0.6) is 0 Å². The first-order valence-corrected chi connectivity index (χ1v) is 19.5. The highest BCUT2D eigenvalue weighted by Gasteiger charge is 2.32. The maximum atomic E-state index is 13.7. The number of ether oxygens (including phenoxy) is 2. The van der Waals surface area contributed by atoms with Gasteiger partial charge in [-0.1, -0.05) is 63.1 Å². The van der Waals surface area contributed by atoms with E-state index in [-0.39, 0.29) is 86.0 Å². The molecule has 1 heterocycles. The summed E-state index contributed by atoms with van der Waals surface area (Å²) in [6.07, 6.45) is 0.620. The summed E-state index contributed by atoms with van der Waals surface area (Å²) in [5, 5.41) is 0. The van der Waals surface area contributed by atoms with Gasteiger partial charge < -0.3 is 19.3 Å². The number of nitrogens with zero attached hydrogens (tertiary/aromatic N) is 2. The molecule has 0 saturated carbocycles. The third kappa shape index (κ3) is 12.2. The van der Waals surface area contributed by atoms with Gasteiger partial charge in [0.15, 0.2) is 0 Å². The van der Waals surface area contributed by atoms with Crippen molar-refractivity contribution >= 4 is 31.9 Å². The van der Waals surface area contributed by atoms with Crippen LogP contribution in [0.3, 0.4) is 0 Å². The molecule has 2 aromatic rings. The molecule has 48 heavy (non-hydrogen) atoms. The molecule has 1 saturated heterocycles. The average molecular weight is 709 g/mol. The zero-order valence-corrected chi connectivity index (χ0v) is 30.6. The van der Waals surface area contributed by atoms with Gasteiger partial charge in [0.2, 0.25) is 31.9 Å². The van der Waals surface area contributed by atoms with Gasteiger partial charge >= 0.3 is 0 Å². The van der Waals surface area contributed by atoms with Crippen molar-refractivity contribution in [1.29, 1.82) is 0 Å². The molecule has 1 aliphatic heterocycles. The molecule has 0 spiro atoms. The van der Waals surface area contributed by atoms with Gasteiger partial charge in [-0.3, -0.25) is 9.59 Å². The number of carbonyl (C=O) groups excluding carboxylic acids is 2. The molecule has 2 amide bonds. The standard InChI is InChI=1S/C34H52N4O8S2/c1-25(2)23-31(35-47(41,42)29-11-7-27(5)8-12-29)33(39)37-15-19-45-21-17-38(18-22-46-20-16-37)34(40)32(24-26(3)4)36-48(43,44)30-13-9-28(6)10-14-30/h7-14,25-26,31-32,35-36H,15-24H2,1-6H3/t31-,32+. The SMILES string of the molecule is Cc1ccc(S(=O)(=O)N[C@@H](CC(C)C)C(=O)N2CCOCCN(C(=O)[C@@H](CC(C)C)NS(=O)(=O)c3ccc(C)cc3)CCOCC2)cc1. The molecule has 14 heteroatoms. The number of rotatable bonds is 12. The van der Waals surface area contributed by atoms with Crippen molar-refractivity contribution in [3.05, 3.63) is 59.7 Å². The zero-order chi connectivity index (χ0) is 35.5. The Labute approximate surface area is 286 Å². The predicted octanol–water partition coefficient (Wildman–Crippen LogP) is 3.09. The molecule has 1 fully saturated rings. The first-order chi connectivity index (χ1) is 22.6. The van der Waals surface area contributed by atoms with E-state index in [4.69, 9.17) is 9.47 Å². The molecular weight excluding hydrogens is 657 g/mol. The second-order valence-electron chi connectivity index (χ2n) is 13.1. The predicted molar refractivity (Wildman–Crippen MR) is 184 cm³/mol. The van der Waals surface area contributed by atoms with Crippen molar-refractivity contribution < 1.29 is 35.9 Å². The fraction of sp³-hybridized carbons (Fsp3) is 0.588. The van der Waals surface area contributed by atoms with Crippen molar-refractivity contribution in [2.24, 2.45) is 11.8 Å². The summed E-state index contributed by atoms with van der Waals surface area (Å²) in [5.41, 5.74) is 1.85. The van der Waals surface area contributed by atoms with E-state index in [2.05, 4.69) is 9.44 Å². The summed E-state index contributed by atoms with van der Waals surface area (Å²) < 4.78 is 69.7. The Morgan fingerprint density at radius 2 is 0.896 bits per heavy atom. The lowest BCUT2D eigenvalue weighted by Gasteiger charge is -2.31. The summed E-state index contributed by atoms with van der Waals surface area (Å²) in [6, 6.07) is 11.0. The summed E-state index contributed by atoms with van der Waals surface area (Å²) in [4.78, 5) is 30.7. The van der Waals surface area contributed by atoms with E-state index < -0.39 is 32.1 Å². The minimum absolute atomic E-state index is 0.0454. The van der Waals surface area contributed by atoms with E-state index in [0.29, 0.717) is 12.8 Å². The summed E-state index contributed by atoms with van der Waals surface area (Å²) in [6.45, 7) is 12.9. The lowest BCUT2D eigenvalue weighted by Crippen LogP contribution is -2.52. The topological polar surface area (TPSA) is 151 Å². The smallest absolute Gasteiger partial charge is 0.241 e. The maximum Gasteiger partial charge on any atom is 0.241 e. The van der Waals surface area contributed by atoms with Gasteiger partial charge in [0.25, 0.3) is 0 Å². The fourth-order valence-electron chi connectivity index (χ4n) is 5.30. The van der Waals surface area contributed by atoms with Crippen LogP contribution in [0.2, 0.25) is 0 Å². The number of amides is 2. The van der Waals surface area contributed by atoms with Crippen LogP contribution in [0.4, 0.5) is 0 Å². The maximum absolute atomic E-state index is 13.7. The van der Waals surface area contributed by atoms with Crippen molar-refractivity contribution in [1.82, 2.24) is 19.2 Å². The van der Waals surface area contributed by atoms with Gasteiger partial charge in [0.1, 0.15) is 12.1 Å². The van der Waals surface area contributed by atoms with Crippen LogP contribution in [-0.4, -0.2) is 103 Å². The minimum atomic E-state index is -3.94. The quantitative estimate of drug-likeness (QED) is 0.342. The Hall–Kier alpha value is -2.88. The Morgan fingerprint density at radius 3 is 1.17 bits per heavy atom. The van der Waals surface area contributed by atoms with Gasteiger partial charge in [0, 0.05) is 26.2 Å². The zero-order valence-electron chi connectivity index (χ0n) is 29.0. The molecule has 2 N–H and O–H groups in total. The lowest BCUT2D eigenvalue weighted by atomic mass is 10.0. The van der Waals surface area contributed by atoms with Crippen LogP contribution < -0.4 is 9.44 Å². The minimum Gasteiger partial charge on any atom is -0.378 e. The van der Waals surface area contributed by atoms with Crippen molar-refractivity contribution in [3.8, 4) is 0 Å². The number of carbonyl (C=O) groups is 2. The monoisotopic (exact) mass is 708 g/mol. The largest absolute Gasteiger partial charge is 0.378 e. The highest BCUT2D eigenvalue weighted by Crippen LogP contribution is 2.17. The van der Waals surface area contributed by atoms with E-state index in [0.717, 1.165) is 11.1 Å². The molecule has 0 bridgehead atoms. The summed E-state index contributed by atoms with van der Waals surface area (Å²) in [5.74, 6) is -0.635. The molecule has 0 unspecified atom stereocenters. The van der Waals surface area contributed by atoms with Gasteiger partial charge in [-0.05, 0) is 62.8 Å². The molecule has 0 aromatic heterocycles. The molecule has 2 aromatic carbocycles. The van der Waals surface area contributed by atoms with E-state index >= 15 is 0 Å². The van der Waals surface area contributed by atoms with Crippen molar-refractivity contribution in [3.63, 3.8) is 0 Å².